The van der Waals surface area contributed by atoms with Gasteiger partial charge in [-0.05, 0) is 13.0 Å². The Kier molecular flexibility index (Phi) is 3.01. The molecule has 1 rings (SSSR count). The Balaban J connectivity index is 2.89. The van der Waals surface area contributed by atoms with E-state index in [1.165, 1.54) is 14.0 Å². The maximum absolute atomic E-state index is 12.1. The number of nitrogens with zero attached hydrogens (tertiary/aromatic N) is 1. The Morgan fingerprint density at radius 1 is 1.60 bits per heavy atom. The SMILES string of the molecule is COC(=O)C(C)c1cc(C(F)(F)F)n[nH]1. The van der Waals surface area contributed by atoms with Gasteiger partial charge in [0, 0.05) is 5.69 Å². The average Bonchev–Trinajstić information content (AvgIpc) is 2.63. The van der Waals surface area contributed by atoms with E-state index in [2.05, 4.69) is 14.9 Å². The third-order valence-electron chi connectivity index (χ3n) is 1.91. The minimum Gasteiger partial charge on any atom is -0.469 e. The maximum Gasteiger partial charge on any atom is 0.435 e. The fraction of sp³-hybridized carbons (Fsp3) is 0.500. The van der Waals surface area contributed by atoms with Crippen LogP contribution < -0.4 is 0 Å². The Bertz CT molecular complexity index is 359. The molecule has 4 nitrogen and oxygen atoms in total. The first-order valence-corrected chi connectivity index (χ1v) is 4.06. The molecule has 1 unspecified atom stereocenters. The molecule has 1 atom stereocenters. The van der Waals surface area contributed by atoms with Crippen molar-refractivity contribution in [3.05, 3.63) is 17.5 Å². The monoisotopic (exact) mass is 222 g/mol. The predicted molar refractivity (Wildman–Crippen MR) is 44.0 cm³/mol. The molecule has 0 aliphatic rings. The second-order valence-corrected chi connectivity index (χ2v) is 2.95. The van der Waals surface area contributed by atoms with Crippen molar-refractivity contribution >= 4 is 5.97 Å². The number of H-pyrrole nitrogens is 1. The lowest BCUT2D eigenvalue weighted by molar-refractivity contribution is -0.142. The van der Waals surface area contributed by atoms with Gasteiger partial charge in [0.05, 0.1) is 13.0 Å². The Morgan fingerprint density at radius 2 is 2.20 bits per heavy atom. The van der Waals surface area contributed by atoms with E-state index in [9.17, 15) is 18.0 Å². The van der Waals surface area contributed by atoms with E-state index in [0.717, 1.165) is 6.07 Å². The van der Waals surface area contributed by atoms with Crippen LogP contribution in [0, 0.1) is 0 Å². The molecule has 0 radical (unpaired) electrons. The number of alkyl halides is 3. The van der Waals surface area contributed by atoms with Crippen LogP contribution in [0.3, 0.4) is 0 Å². The number of rotatable bonds is 2. The Morgan fingerprint density at radius 3 is 2.60 bits per heavy atom. The largest absolute Gasteiger partial charge is 0.469 e. The molecule has 1 aromatic heterocycles. The lowest BCUT2D eigenvalue weighted by Gasteiger charge is -2.05. The van der Waals surface area contributed by atoms with E-state index < -0.39 is 23.8 Å². The first-order chi connectivity index (χ1) is 6.86. The van der Waals surface area contributed by atoms with Crippen LogP contribution in [0.1, 0.15) is 24.2 Å². The summed E-state index contributed by atoms with van der Waals surface area (Å²) < 4.78 is 40.8. The molecule has 0 saturated carbocycles. The van der Waals surface area contributed by atoms with Crippen LogP contribution in [0.25, 0.3) is 0 Å². The van der Waals surface area contributed by atoms with Crippen molar-refractivity contribution in [3.8, 4) is 0 Å². The zero-order chi connectivity index (χ0) is 11.6. The first-order valence-electron chi connectivity index (χ1n) is 4.06. The van der Waals surface area contributed by atoms with Gasteiger partial charge in [-0.2, -0.15) is 18.3 Å². The van der Waals surface area contributed by atoms with Crippen LogP contribution in [0.5, 0.6) is 0 Å². The molecule has 0 saturated heterocycles. The standard InChI is InChI=1S/C8H9F3N2O2/c1-4(7(14)15-2)5-3-6(13-12-5)8(9,10)11/h3-4H,1-2H3,(H,12,13). The minimum atomic E-state index is -4.51. The number of methoxy groups -OCH3 is 1. The van der Waals surface area contributed by atoms with E-state index in [1.807, 2.05) is 0 Å². The summed E-state index contributed by atoms with van der Waals surface area (Å²) in [5.41, 5.74) is -0.970. The molecule has 1 aromatic rings. The fourth-order valence-electron chi connectivity index (χ4n) is 1.01. The van der Waals surface area contributed by atoms with Gasteiger partial charge in [0.1, 0.15) is 0 Å². The van der Waals surface area contributed by atoms with E-state index in [-0.39, 0.29) is 5.69 Å². The summed E-state index contributed by atoms with van der Waals surface area (Å²) in [7, 11) is 1.17. The van der Waals surface area contributed by atoms with Crippen LogP contribution in [0.2, 0.25) is 0 Å². The highest BCUT2D eigenvalue weighted by atomic mass is 19.4. The Labute approximate surface area is 83.4 Å². The van der Waals surface area contributed by atoms with Gasteiger partial charge in [0.25, 0.3) is 0 Å². The van der Waals surface area contributed by atoms with Crippen molar-refractivity contribution in [3.63, 3.8) is 0 Å². The number of halogens is 3. The zero-order valence-electron chi connectivity index (χ0n) is 8.05. The summed E-state index contributed by atoms with van der Waals surface area (Å²) in [6.45, 7) is 1.43. The number of hydrogen-bond acceptors (Lipinski definition) is 3. The van der Waals surface area contributed by atoms with Gasteiger partial charge in [-0.25, -0.2) is 0 Å². The molecule has 1 heterocycles. The molecule has 15 heavy (non-hydrogen) atoms. The summed E-state index contributed by atoms with van der Waals surface area (Å²) in [5, 5.41) is 5.22. The quantitative estimate of drug-likeness (QED) is 0.775. The van der Waals surface area contributed by atoms with Gasteiger partial charge in [0.15, 0.2) is 5.69 Å². The van der Waals surface area contributed by atoms with Crippen LogP contribution in [0.15, 0.2) is 6.07 Å². The number of nitrogens with one attached hydrogen (secondary N) is 1. The molecule has 0 aromatic carbocycles. The highest BCUT2D eigenvalue weighted by Crippen LogP contribution is 2.29. The van der Waals surface area contributed by atoms with Crippen LogP contribution >= 0.6 is 0 Å². The molecule has 84 valence electrons. The molecule has 1 N–H and O–H groups in total. The lowest BCUT2D eigenvalue weighted by atomic mass is 10.1. The average molecular weight is 222 g/mol. The topological polar surface area (TPSA) is 55.0 Å². The molecule has 0 fully saturated rings. The van der Waals surface area contributed by atoms with Crippen molar-refractivity contribution < 1.29 is 22.7 Å². The number of aromatic nitrogens is 2. The van der Waals surface area contributed by atoms with Gasteiger partial charge in [-0.15, -0.1) is 0 Å². The van der Waals surface area contributed by atoms with Crippen LogP contribution in [0.4, 0.5) is 13.2 Å². The molecular weight excluding hydrogens is 213 g/mol. The third-order valence-corrected chi connectivity index (χ3v) is 1.91. The second kappa shape index (κ2) is 3.92. The highest BCUT2D eigenvalue weighted by molar-refractivity contribution is 5.76. The number of ether oxygens (including phenoxy) is 1. The molecule has 7 heteroatoms. The van der Waals surface area contributed by atoms with Gasteiger partial charge in [-0.1, -0.05) is 0 Å². The number of carbonyl (C=O) groups excluding carboxylic acids is 1. The molecule has 0 aliphatic heterocycles. The second-order valence-electron chi connectivity index (χ2n) is 2.95. The molecule has 0 bridgehead atoms. The van der Waals surface area contributed by atoms with Gasteiger partial charge >= 0.3 is 12.1 Å². The van der Waals surface area contributed by atoms with Gasteiger partial charge < -0.3 is 4.74 Å². The van der Waals surface area contributed by atoms with Crippen LogP contribution in [-0.2, 0) is 15.7 Å². The van der Waals surface area contributed by atoms with Crippen molar-refractivity contribution in [2.45, 2.75) is 19.0 Å². The first kappa shape index (κ1) is 11.5. The van der Waals surface area contributed by atoms with Crippen molar-refractivity contribution in [1.29, 1.82) is 0 Å². The molecule has 0 amide bonds. The lowest BCUT2D eigenvalue weighted by Crippen LogP contribution is -2.11. The number of aromatic amines is 1. The normalized spacial score (nSPS) is 13.7. The predicted octanol–water partition coefficient (Wildman–Crippen LogP) is 1.70. The van der Waals surface area contributed by atoms with Gasteiger partial charge in [-0.3, -0.25) is 9.89 Å². The summed E-state index contributed by atoms with van der Waals surface area (Å²) in [6.07, 6.45) is -4.51. The third kappa shape index (κ3) is 2.48. The maximum atomic E-state index is 12.1. The molecule has 0 spiro atoms. The summed E-state index contributed by atoms with van der Waals surface area (Å²) in [4.78, 5) is 11.0. The number of carbonyl (C=O) groups is 1. The van der Waals surface area contributed by atoms with Crippen molar-refractivity contribution in [1.82, 2.24) is 10.2 Å². The summed E-state index contributed by atoms with van der Waals surface area (Å²) in [5.74, 6) is -1.41. The number of esters is 1. The summed E-state index contributed by atoms with van der Waals surface area (Å²) in [6, 6.07) is 0.793. The smallest absolute Gasteiger partial charge is 0.435 e. The Hall–Kier alpha value is -1.53. The zero-order valence-corrected chi connectivity index (χ0v) is 8.05. The molecule has 0 aliphatic carbocycles. The van der Waals surface area contributed by atoms with Crippen LogP contribution in [-0.4, -0.2) is 23.3 Å². The van der Waals surface area contributed by atoms with Crippen molar-refractivity contribution in [2.24, 2.45) is 0 Å². The highest BCUT2D eigenvalue weighted by Gasteiger charge is 2.34. The number of hydrogen-bond donors (Lipinski definition) is 1. The molecular formula is C8H9F3N2O2. The summed E-state index contributed by atoms with van der Waals surface area (Å²) >= 11 is 0. The van der Waals surface area contributed by atoms with E-state index in [1.54, 1.807) is 0 Å². The minimum absolute atomic E-state index is 0.0779. The van der Waals surface area contributed by atoms with Crippen molar-refractivity contribution in [2.75, 3.05) is 7.11 Å². The van der Waals surface area contributed by atoms with E-state index in [4.69, 9.17) is 0 Å². The fourth-order valence-corrected chi connectivity index (χ4v) is 1.01. The van der Waals surface area contributed by atoms with E-state index >= 15 is 0 Å². The van der Waals surface area contributed by atoms with E-state index in [0.29, 0.717) is 0 Å². The van der Waals surface area contributed by atoms with Gasteiger partial charge in [0.2, 0.25) is 0 Å².